The molecule has 0 aromatic heterocycles. The van der Waals surface area contributed by atoms with Crippen LogP contribution in [0.25, 0.3) is 0 Å². The highest BCUT2D eigenvalue weighted by Crippen LogP contribution is 2.36. The van der Waals surface area contributed by atoms with Gasteiger partial charge in [0.25, 0.3) is 0 Å². The maximum Gasteiger partial charge on any atom is 0.328 e. The van der Waals surface area contributed by atoms with Crippen LogP contribution < -0.4 is 35.9 Å². The van der Waals surface area contributed by atoms with Crippen LogP contribution in [0.4, 0.5) is 5.69 Å². The minimum atomic E-state index is -1.11. The largest absolute Gasteiger partial charge is 0.497 e. The van der Waals surface area contributed by atoms with Crippen LogP contribution in [0.5, 0.6) is 23.0 Å². The van der Waals surface area contributed by atoms with E-state index in [0.29, 0.717) is 39.8 Å². The molecular formula is C32H36N4O8. The minimum Gasteiger partial charge on any atom is -0.497 e. The molecule has 3 amide bonds. The van der Waals surface area contributed by atoms with Crippen molar-refractivity contribution in [1.82, 2.24) is 16.0 Å². The topological polar surface area (TPSA) is 167 Å². The van der Waals surface area contributed by atoms with Crippen molar-refractivity contribution >= 4 is 29.4 Å². The molecule has 0 saturated heterocycles. The van der Waals surface area contributed by atoms with E-state index in [0.717, 1.165) is 5.56 Å². The van der Waals surface area contributed by atoms with Gasteiger partial charge in [-0.3, -0.25) is 14.4 Å². The second kappa shape index (κ2) is 14.3. The highest BCUT2D eigenvalue weighted by molar-refractivity contribution is 5.93. The summed E-state index contributed by atoms with van der Waals surface area (Å²) in [6.45, 7) is 1.30. The number of hydrogen-bond donors (Lipinski definition) is 4. The minimum absolute atomic E-state index is 0.0465. The summed E-state index contributed by atoms with van der Waals surface area (Å²) in [5.41, 5.74) is 8.63. The number of nitrogen functional groups attached to an aromatic ring is 1. The van der Waals surface area contributed by atoms with Crippen LogP contribution in [0, 0.1) is 0 Å². The van der Waals surface area contributed by atoms with Crippen LogP contribution in [0.2, 0.25) is 0 Å². The van der Waals surface area contributed by atoms with Crippen molar-refractivity contribution in [2.75, 3.05) is 27.1 Å². The Hall–Kier alpha value is -5.26. The van der Waals surface area contributed by atoms with Crippen LogP contribution >= 0.6 is 0 Å². The number of benzene rings is 3. The number of carbonyl (C=O) groups is 4. The smallest absolute Gasteiger partial charge is 0.328 e. The fraction of sp³-hybridized carbons (Fsp3) is 0.312. The van der Waals surface area contributed by atoms with Crippen LogP contribution in [0.15, 0.2) is 60.7 Å². The molecule has 5 rings (SSSR count). The Kier molecular flexibility index (Phi) is 10.3. The van der Waals surface area contributed by atoms with Gasteiger partial charge in [-0.15, -0.1) is 0 Å². The lowest BCUT2D eigenvalue weighted by atomic mass is 10.0. The fourth-order valence-electron chi connectivity index (χ4n) is 4.88. The number of fused-ring (bicyclic) bond motifs is 10. The highest BCUT2D eigenvalue weighted by atomic mass is 16.5. The molecular weight excluding hydrogens is 568 g/mol. The molecule has 3 aromatic carbocycles. The number of rotatable bonds is 6. The summed E-state index contributed by atoms with van der Waals surface area (Å²) in [5.74, 6) is -0.594. The molecule has 3 aromatic rings. The van der Waals surface area contributed by atoms with E-state index >= 15 is 0 Å². The molecule has 5 N–H and O–H groups in total. The number of hydrogen-bond acceptors (Lipinski definition) is 9. The molecule has 0 unspecified atom stereocenters. The lowest BCUT2D eigenvalue weighted by molar-refractivity contribution is -0.145. The second-order valence-corrected chi connectivity index (χ2v) is 10.3. The average molecular weight is 605 g/mol. The van der Waals surface area contributed by atoms with Gasteiger partial charge in [0, 0.05) is 26.2 Å². The van der Waals surface area contributed by atoms with Gasteiger partial charge < -0.3 is 40.6 Å². The van der Waals surface area contributed by atoms with Crippen LogP contribution in [-0.2, 0) is 43.2 Å². The molecule has 12 heteroatoms. The third-order valence-corrected chi connectivity index (χ3v) is 7.13. The third kappa shape index (κ3) is 7.97. The maximum atomic E-state index is 13.8. The van der Waals surface area contributed by atoms with E-state index in [4.69, 9.17) is 24.7 Å². The van der Waals surface area contributed by atoms with Crippen LogP contribution in [0.3, 0.4) is 0 Å². The lowest BCUT2D eigenvalue weighted by Gasteiger charge is -2.25. The molecule has 2 heterocycles. The van der Waals surface area contributed by atoms with Crippen LogP contribution in [-0.4, -0.2) is 63.1 Å². The summed E-state index contributed by atoms with van der Waals surface area (Å²) in [7, 11) is 4.26. The maximum absolute atomic E-state index is 13.8. The first-order valence-corrected chi connectivity index (χ1v) is 13.9. The first kappa shape index (κ1) is 31.7. The van der Waals surface area contributed by atoms with E-state index in [-0.39, 0.29) is 19.3 Å². The second-order valence-electron chi connectivity index (χ2n) is 10.3. The highest BCUT2D eigenvalue weighted by Gasteiger charge is 2.31. The van der Waals surface area contributed by atoms with E-state index in [1.54, 1.807) is 67.8 Å². The summed E-state index contributed by atoms with van der Waals surface area (Å²) >= 11 is 0. The van der Waals surface area contributed by atoms with Gasteiger partial charge in [0.05, 0.1) is 27.0 Å². The molecule has 0 fully saturated rings. The van der Waals surface area contributed by atoms with Crippen molar-refractivity contribution in [2.24, 2.45) is 0 Å². The van der Waals surface area contributed by atoms with Gasteiger partial charge in [0.1, 0.15) is 23.9 Å². The predicted octanol–water partition coefficient (Wildman–Crippen LogP) is 2.07. The molecule has 0 aliphatic carbocycles. The van der Waals surface area contributed by atoms with Gasteiger partial charge in [0.2, 0.25) is 17.7 Å². The Balaban J connectivity index is 1.78. The Labute approximate surface area is 255 Å². The zero-order valence-electron chi connectivity index (χ0n) is 25.0. The fourth-order valence-corrected chi connectivity index (χ4v) is 4.88. The first-order chi connectivity index (χ1) is 21.1. The number of anilines is 1. The van der Waals surface area contributed by atoms with Crippen molar-refractivity contribution in [2.45, 2.75) is 44.3 Å². The average Bonchev–Trinajstić information content (AvgIpc) is 3.00. The lowest BCUT2D eigenvalue weighted by Crippen LogP contribution is -2.57. The SMILES string of the molecule is COC(=O)[C@@H]1Cc2ccc(OC)c(c2)Oc2ccc(cc2N)C[C@H](NC(C)=O)C(=O)N[C@@H](Cc2ccc(OC)cc2)C(=O)N1. The van der Waals surface area contributed by atoms with Gasteiger partial charge in [-0.1, -0.05) is 24.3 Å². The summed E-state index contributed by atoms with van der Waals surface area (Å²) in [5, 5.41) is 8.17. The molecule has 4 bridgehead atoms. The zero-order valence-corrected chi connectivity index (χ0v) is 25.0. The summed E-state index contributed by atoms with van der Waals surface area (Å²) in [6.07, 6.45) is 0.214. The third-order valence-electron chi connectivity index (χ3n) is 7.13. The number of carbonyl (C=O) groups excluding carboxylic acids is 4. The Morgan fingerprint density at radius 3 is 2.23 bits per heavy atom. The molecule has 44 heavy (non-hydrogen) atoms. The standard InChI is InChI=1S/C32H36N4O8/c1-18(37)34-24-15-20-7-11-27(23(33)13-20)44-29-17-21(8-12-28(29)42-3)16-26(32(40)43-4)36-31(39)25(35-30(24)38)14-19-5-9-22(41-2)10-6-19/h5-13,17,24-26H,14-16,33H2,1-4H3,(H,34,37)(H,35,38)(H,36,39)/t24-,25-,26-/m0/s1. The van der Waals surface area contributed by atoms with Crippen molar-refractivity contribution < 1.29 is 38.1 Å². The number of ether oxygens (including phenoxy) is 4. The number of nitrogens with two attached hydrogens (primary N) is 1. The number of methoxy groups -OCH3 is 3. The van der Waals surface area contributed by atoms with E-state index in [9.17, 15) is 19.2 Å². The van der Waals surface area contributed by atoms with Crippen molar-refractivity contribution in [1.29, 1.82) is 0 Å². The normalized spacial score (nSPS) is 18.6. The Morgan fingerprint density at radius 2 is 1.59 bits per heavy atom. The Bertz CT molecular complexity index is 1530. The summed E-state index contributed by atoms with van der Waals surface area (Å²) in [4.78, 5) is 52.3. The van der Waals surface area contributed by atoms with E-state index < -0.39 is 41.8 Å². The summed E-state index contributed by atoms with van der Waals surface area (Å²) < 4.78 is 21.8. The van der Waals surface area contributed by atoms with Gasteiger partial charge >= 0.3 is 5.97 Å². The Morgan fingerprint density at radius 1 is 0.886 bits per heavy atom. The van der Waals surface area contributed by atoms with Gasteiger partial charge in [0.15, 0.2) is 17.2 Å². The van der Waals surface area contributed by atoms with Crippen LogP contribution in [0.1, 0.15) is 23.6 Å². The van der Waals surface area contributed by atoms with Gasteiger partial charge in [-0.2, -0.15) is 0 Å². The van der Waals surface area contributed by atoms with E-state index in [1.807, 2.05) is 0 Å². The zero-order chi connectivity index (χ0) is 31.8. The molecule has 232 valence electrons. The van der Waals surface area contributed by atoms with E-state index in [1.165, 1.54) is 21.1 Å². The summed E-state index contributed by atoms with van der Waals surface area (Å²) in [6, 6.07) is 13.9. The molecule has 0 spiro atoms. The predicted molar refractivity (Wildman–Crippen MR) is 162 cm³/mol. The molecule has 0 radical (unpaired) electrons. The van der Waals surface area contributed by atoms with Crippen molar-refractivity contribution in [3.63, 3.8) is 0 Å². The van der Waals surface area contributed by atoms with Gasteiger partial charge in [-0.05, 0) is 53.1 Å². The van der Waals surface area contributed by atoms with E-state index in [2.05, 4.69) is 16.0 Å². The molecule has 0 saturated carbocycles. The molecule has 3 atom stereocenters. The van der Waals surface area contributed by atoms with Crippen molar-refractivity contribution in [3.05, 3.63) is 77.4 Å². The number of nitrogens with one attached hydrogen (secondary N) is 3. The first-order valence-electron chi connectivity index (χ1n) is 13.9. The molecule has 12 nitrogen and oxygen atoms in total. The number of amides is 3. The van der Waals surface area contributed by atoms with Gasteiger partial charge in [-0.25, -0.2) is 4.79 Å². The molecule has 2 aliphatic heterocycles. The number of esters is 1. The van der Waals surface area contributed by atoms with Crippen molar-refractivity contribution in [3.8, 4) is 23.0 Å². The quantitative estimate of drug-likeness (QED) is 0.243. The monoisotopic (exact) mass is 604 g/mol. The molecule has 2 aliphatic rings.